The summed E-state index contributed by atoms with van der Waals surface area (Å²) in [7, 11) is 0. The van der Waals surface area contributed by atoms with E-state index in [1.165, 1.54) is 12.2 Å². The largest absolute Gasteiger partial charge is 0.350 e. The average Bonchev–Trinajstić information content (AvgIpc) is 2.15. The molecule has 4 heteroatoms. The topological polar surface area (TPSA) is 58.2 Å². The molecule has 16 heavy (non-hydrogen) atoms. The minimum Gasteiger partial charge on any atom is -0.350 e. The highest BCUT2D eigenvalue weighted by molar-refractivity contribution is 5.87. The van der Waals surface area contributed by atoms with Crippen molar-refractivity contribution in [3.63, 3.8) is 0 Å². The lowest BCUT2D eigenvalue weighted by Crippen LogP contribution is -2.47. The Morgan fingerprint density at radius 1 is 1.25 bits per heavy atom. The lowest BCUT2D eigenvalue weighted by molar-refractivity contribution is -0.118. The summed E-state index contributed by atoms with van der Waals surface area (Å²) in [6.45, 7) is 12.4. The molecule has 2 amide bonds. The fourth-order valence-electron chi connectivity index (χ4n) is 1.55. The van der Waals surface area contributed by atoms with E-state index in [9.17, 15) is 9.59 Å². The van der Waals surface area contributed by atoms with Gasteiger partial charge in [-0.3, -0.25) is 9.59 Å². The van der Waals surface area contributed by atoms with Crippen LogP contribution in [0.25, 0.3) is 0 Å². The van der Waals surface area contributed by atoms with Crippen molar-refractivity contribution in [2.45, 2.75) is 38.8 Å². The highest BCUT2D eigenvalue weighted by Crippen LogP contribution is 2.11. The van der Waals surface area contributed by atoms with Crippen molar-refractivity contribution >= 4 is 11.8 Å². The van der Waals surface area contributed by atoms with E-state index >= 15 is 0 Å². The molecule has 0 radical (unpaired) electrons. The first-order valence-corrected chi connectivity index (χ1v) is 5.18. The fourth-order valence-corrected chi connectivity index (χ4v) is 1.55. The number of carbonyl (C=O) groups excluding carboxylic acids is 2. The summed E-state index contributed by atoms with van der Waals surface area (Å²) in [5.41, 5.74) is -0.390. The molecule has 0 aromatic carbocycles. The minimum absolute atomic E-state index is 0.0365. The zero-order chi connectivity index (χ0) is 12.8. The average molecular weight is 224 g/mol. The number of hydrogen-bond donors (Lipinski definition) is 2. The van der Waals surface area contributed by atoms with Gasteiger partial charge in [0.1, 0.15) is 0 Å². The van der Waals surface area contributed by atoms with Crippen LogP contribution < -0.4 is 10.6 Å². The molecule has 1 unspecified atom stereocenters. The van der Waals surface area contributed by atoms with E-state index in [4.69, 9.17) is 0 Å². The van der Waals surface area contributed by atoms with Crippen LogP contribution >= 0.6 is 0 Å². The third-order valence-electron chi connectivity index (χ3n) is 2.04. The summed E-state index contributed by atoms with van der Waals surface area (Å²) < 4.78 is 0. The summed E-state index contributed by atoms with van der Waals surface area (Å²) in [5.74, 6) is -0.425. The van der Waals surface area contributed by atoms with Crippen LogP contribution in [0.4, 0.5) is 0 Å². The van der Waals surface area contributed by atoms with E-state index < -0.39 is 0 Å². The molecule has 0 aromatic rings. The van der Waals surface area contributed by atoms with Crippen molar-refractivity contribution in [3.8, 4) is 0 Å². The molecule has 4 nitrogen and oxygen atoms in total. The monoisotopic (exact) mass is 224 g/mol. The van der Waals surface area contributed by atoms with Crippen molar-refractivity contribution in [2.75, 3.05) is 0 Å². The van der Waals surface area contributed by atoms with E-state index in [1.807, 2.05) is 20.8 Å². The van der Waals surface area contributed by atoms with Crippen LogP contribution in [0, 0.1) is 0 Å². The summed E-state index contributed by atoms with van der Waals surface area (Å²) in [4.78, 5) is 22.2. The first-order valence-electron chi connectivity index (χ1n) is 5.18. The highest BCUT2D eigenvalue weighted by atomic mass is 16.2. The quantitative estimate of drug-likeness (QED) is 0.665. The van der Waals surface area contributed by atoms with Gasteiger partial charge in [-0.1, -0.05) is 13.2 Å². The minimum atomic E-state index is -0.390. The number of hydrogen-bond acceptors (Lipinski definition) is 2. The van der Waals surface area contributed by atoms with E-state index in [-0.39, 0.29) is 23.4 Å². The molecule has 0 aliphatic rings. The van der Waals surface area contributed by atoms with Crippen LogP contribution in [-0.4, -0.2) is 23.4 Å². The number of rotatable bonds is 6. The lowest BCUT2D eigenvalue weighted by Gasteiger charge is -2.29. The second kappa shape index (κ2) is 6.10. The zero-order valence-electron chi connectivity index (χ0n) is 10.2. The second-order valence-electron chi connectivity index (χ2n) is 4.40. The van der Waals surface area contributed by atoms with Crippen LogP contribution in [0.1, 0.15) is 27.2 Å². The van der Waals surface area contributed by atoms with Crippen LogP contribution in [0.15, 0.2) is 25.3 Å². The van der Waals surface area contributed by atoms with Crippen LogP contribution in [0.3, 0.4) is 0 Å². The molecule has 0 aliphatic carbocycles. The van der Waals surface area contributed by atoms with Gasteiger partial charge in [0.25, 0.3) is 0 Å². The Hall–Kier alpha value is -1.58. The predicted molar refractivity (Wildman–Crippen MR) is 64.8 cm³/mol. The predicted octanol–water partition coefficient (Wildman–Crippen LogP) is 1.15. The van der Waals surface area contributed by atoms with Gasteiger partial charge in [0.15, 0.2) is 0 Å². The molecule has 0 rings (SSSR count). The van der Waals surface area contributed by atoms with Gasteiger partial charge in [0, 0.05) is 11.6 Å². The molecule has 90 valence electrons. The normalized spacial score (nSPS) is 12.4. The summed E-state index contributed by atoms with van der Waals surface area (Å²) in [6.07, 6.45) is 3.09. The van der Waals surface area contributed by atoms with Gasteiger partial charge in [-0.05, 0) is 39.3 Å². The van der Waals surface area contributed by atoms with E-state index in [0.717, 1.165) is 0 Å². The Bertz CT molecular complexity index is 295. The van der Waals surface area contributed by atoms with Crippen molar-refractivity contribution in [1.82, 2.24) is 10.6 Å². The molecular weight excluding hydrogens is 204 g/mol. The third-order valence-corrected chi connectivity index (χ3v) is 2.04. The van der Waals surface area contributed by atoms with Crippen molar-refractivity contribution < 1.29 is 9.59 Å². The Morgan fingerprint density at radius 3 is 2.19 bits per heavy atom. The SMILES string of the molecule is C=CC(=O)NC(C)CC(C)(C)NC(=O)C=C. The smallest absolute Gasteiger partial charge is 0.243 e. The number of carbonyl (C=O) groups is 2. The Balaban J connectivity index is 4.23. The van der Waals surface area contributed by atoms with Gasteiger partial charge < -0.3 is 10.6 Å². The molecule has 0 fully saturated rings. The van der Waals surface area contributed by atoms with Gasteiger partial charge >= 0.3 is 0 Å². The molecule has 0 bridgehead atoms. The van der Waals surface area contributed by atoms with E-state index in [1.54, 1.807) is 0 Å². The van der Waals surface area contributed by atoms with Crippen molar-refractivity contribution in [1.29, 1.82) is 0 Å². The summed E-state index contributed by atoms with van der Waals surface area (Å²) >= 11 is 0. The Labute approximate surface area is 96.8 Å². The third kappa shape index (κ3) is 6.01. The summed E-state index contributed by atoms with van der Waals surface area (Å²) in [5, 5.41) is 5.54. The van der Waals surface area contributed by atoms with Gasteiger partial charge in [-0.2, -0.15) is 0 Å². The van der Waals surface area contributed by atoms with E-state index in [2.05, 4.69) is 23.8 Å². The van der Waals surface area contributed by atoms with Gasteiger partial charge in [-0.15, -0.1) is 0 Å². The van der Waals surface area contributed by atoms with Gasteiger partial charge in [0.2, 0.25) is 11.8 Å². The molecule has 0 saturated heterocycles. The van der Waals surface area contributed by atoms with Crippen molar-refractivity contribution in [3.05, 3.63) is 25.3 Å². The second-order valence-corrected chi connectivity index (χ2v) is 4.40. The number of nitrogens with one attached hydrogen (secondary N) is 2. The molecule has 2 N–H and O–H groups in total. The molecule has 0 spiro atoms. The maximum absolute atomic E-state index is 11.2. The molecule has 0 aliphatic heterocycles. The first kappa shape index (κ1) is 14.4. The van der Waals surface area contributed by atoms with Crippen LogP contribution in [0.5, 0.6) is 0 Å². The van der Waals surface area contributed by atoms with Crippen LogP contribution in [-0.2, 0) is 9.59 Å². The maximum Gasteiger partial charge on any atom is 0.243 e. The van der Waals surface area contributed by atoms with Gasteiger partial charge in [0.05, 0.1) is 0 Å². The fraction of sp³-hybridized carbons (Fsp3) is 0.500. The Kier molecular flexibility index (Phi) is 5.50. The Morgan fingerprint density at radius 2 is 1.75 bits per heavy atom. The lowest BCUT2D eigenvalue weighted by atomic mass is 9.96. The molecule has 0 saturated carbocycles. The summed E-state index contributed by atoms with van der Waals surface area (Å²) in [6, 6.07) is -0.0365. The first-order chi connectivity index (χ1) is 7.30. The number of amides is 2. The maximum atomic E-state index is 11.2. The molecule has 0 heterocycles. The molecule has 0 aromatic heterocycles. The highest BCUT2D eigenvalue weighted by Gasteiger charge is 2.22. The van der Waals surface area contributed by atoms with Gasteiger partial charge in [-0.25, -0.2) is 0 Å². The van der Waals surface area contributed by atoms with Crippen molar-refractivity contribution in [2.24, 2.45) is 0 Å². The standard InChI is InChI=1S/C12H20N2O2/c1-6-10(15)13-9(3)8-12(4,5)14-11(16)7-2/h6-7,9H,1-2,8H2,3-5H3,(H,13,15)(H,14,16). The van der Waals surface area contributed by atoms with E-state index in [0.29, 0.717) is 6.42 Å². The van der Waals surface area contributed by atoms with Crippen LogP contribution in [0.2, 0.25) is 0 Å². The molecular formula is C12H20N2O2. The zero-order valence-corrected chi connectivity index (χ0v) is 10.2. The molecule has 1 atom stereocenters.